The largest absolute Gasteiger partial charge is 0.396 e. The molecule has 1 unspecified atom stereocenters. The third-order valence-corrected chi connectivity index (χ3v) is 2.09. The van der Waals surface area contributed by atoms with Crippen LogP contribution in [0.5, 0.6) is 0 Å². The molecule has 0 aromatic heterocycles. The summed E-state index contributed by atoms with van der Waals surface area (Å²) in [7, 11) is 0. The summed E-state index contributed by atoms with van der Waals surface area (Å²) >= 11 is 0. The molecule has 0 aromatic rings. The summed E-state index contributed by atoms with van der Waals surface area (Å²) in [6, 6.07) is 0. The maximum Gasteiger partial charge on any atom is 0.0437 e. The van der Waals surface area contributed by atoms with Gasteiger partial charge < -0.3 is 10.4 Å². The van der Waals surface area contributed by atoms with Crippen LogP contribution in [0.1, 0.15) is 13.3 Å². The molecule has 2 N–H and O–H groups in total. The Labute approximate surface area is 79.7 Å². The number of aliphatic hydroxyl groups excluding tert-OH is 1. The van der Waals surface area contributed by atoms with Crippen molar-refractivity contribution < 1.29 is 5.11 Å². The zero-order valence-corrected chi connectivity index (χ0v) is 8.03. The SMILES string of the molecule is C\C1=C/C=C\C=C\C(CCO)CN1. The van der Waals surface area contributed by atoms with Crippen molar-refractivity contribution in [3.8, 4) is 0 Å². The van der Waals surface area contributed by atoms with Crippen LogP contribution in [0, 0.1) is 5.92 Å². The van der Waals surface area contributed by atoms with Gasteiger partial charge in [0.1, 0.15) is 0 Å². The van der Waals surface area contributed by atoms with Crippen molar-refractivity contribution in [2.45, 2.75) is 13.3 Å². The van der Waals surface area contributed by atoms with Gasteiger partial charge in [0.25, 0.3) is 0 Å². The van der Waals surface area contributed by atoms with E-state index >= 15 is 0 Å². The van der Waals surface area contributed by atoms with Gasteiger partial charge in [0.2, 0.25) is 0 Å². The summed E-state index contributed by atoms with van der Waals surface area (Å²) < 4.78 is 0. The molecule has 1 heterocycles. The Bertz CT molecular complexity index is 228. The van der Waals surface area contributed by atoms with Crippen LogP contribution in [0.25, 0.3) is 0 Å². The second-order valence-electron chi connectivity index (χ2n) is 3.27. The van der Waals surface area contributed by atoms with Gasteiger partial charge in [0.15, 0.2) is 0 Å². The lowest BCUT2D eigenvalue weighted by molar-refractivity contribution is 0.269. The molecule has 1 aliphatic rings. The van der Waals surface area contributed by atoms with Crippen molar-refractivity contribution in [1.82, 2.24) is 5.32 Å². The Morgan fingerprint density at radius 2 is 2.31 bits per heavy atom. The van der Waals surface area contributed by atoms with Crippen molar-refractivity contribution in [2.24, 2.45) is 5.92 Å². The average molecular weight is 179 g/mol. The zero-order chi connectivity index (χ0) is 9.52. The maximum absolute atomic E-state index is 8.82. The molecule has 0 aromatic carbocycles. The van der Waals surface area contributed by atoms with E-state index in [2.05, 4.69) is 11.4 Å². The summed E-state index contributed by atoms with van der Waals surface area (Å²) in [5.74, 6) is 0.427. The first kappa shape index (κ1) is 10.1. The first-order valence-corrected chi connectivity index (χ1v) is 4.69. The topological polar surface area (TPSA) is 32.3 Å². The first-order chi connectivity index (χ1) is 6.33. The summed E-state index contributed by atoms with van der Waals surface area (Å²) in [5.41, 5.74) is 1.17. The molecule has 1 rings (SSSR count). The van der Waals surface area contributed by atoms with Gasteiger partial charge in [0, 0.05) is 18.8 Å². The molecule has 0 spiro atoms. The minimum atomic E-state index is 0.253. The molecule has 2 nitrogen and oxygen atoms in total. The highest BCUT2D eigenvalue weighted by Crippen LogP contribution is 2.06. The highest BCUT2D eigenvalue weighted by atomic mass is 16.3. The fourth-order valence-corrected chi connectivity index (χ4v) is 1.27. The number of hydrogen-bond acceptors (Lipinski definition) is 2. The Morgan fingerprint density at radius 3 is 3.08 bits per heavy atom. The minimum Gasteiger partial charge on any atom is -0.396 e. The van der Waals surface area contributed by atoms with Crippen LogP contribution < -0.4 is 5.32 Å². The predicted octanol–water partition coefficient (Wildman–Crippen LogP) is 1.60. The lowest BCUT2D eigenvalue weighted by atomic mass is 10.1. The van der Waals surface area contributed by atoms with Crippen LogP contribution in [-0.2, 0) is 0 Å². The van der Waals surface area contributed by atoms with Gasteiger partial charge in [-0.15, -0.1) is 0 Å². The van der Waals surface area contributed by atoms with Gasteiger partial charge >= 0.3 is 0 Å². The van der Waals surface area contributed by atoms with Gasteiger partial charge in [-0.05, 0) is 25.3 Å². The Kier molecular flexibility index (Phi) is 4.33. The van der Waals surface area contributed by atoms with Crippen LogP contribution in [0.3, 0.4) is 0 Å². The molecule has 1 atom stereocenters. The van der Waals surface area contributed by atoms with E-state index in [9.17, 15) is 0 Å². The summed E-state index contributed by atoms with van der Waals surface area (Å²) in [6.45, 7) is 3.20. The molecule has 2 heteroatoms. The van der Waals surface area contributed by atoms with Crippen LogP contribution in [0.15, 0.2) is 36.1 Å². The van der Waals surface area contributed by atoms with E-state index in [0.29, 0.717) is 5.92 Å². The van der Waals surface area contributed by atoms with Crippen LogP contribution in [0.4, 0.5) is 0 Å². The Balaban J connectivity index is 2.56. The van der Waals surface area contributed by atoms with E-state index in [1.54, 1.807) is 0 Å². The standard InChI is InChI=1S/C11H17NO/c1-10-5-3-2-4-6-11(7-8-13)9-12-10/h2-6,11-13H,7-9H2,1H3/b3-2-,6-4+,10-5+. The van der Waals surface area contributed by atoms with E-state index in [1.165, 1.54) is 5.70 Å². The Hall–Kier alpha value is -1.02. The van der Waals surface area contributed by atoms with E-state index in [0.717, 1.165) is 13.0 Å². The van der Waals surface area contributed by atoms with E-state index in [1.807, 2.05) is 31.2 Å². The summed E-state index contributed by atoms with van der Waals surface area (Å²) in [5, 5.41) is 12.1. The monoisotopic (exact) mass is 179 g/mol. The average Bonchev–Trinajstić information content (AvgIpc) is 2.21. The number of nitrogens with one attached hydrogen (secondary N) is 1. The molecule has 72 valence electrons. The lowest BCUT2D eigenvalue weighted by Gasteiger charge is -2.12. The minimum absolute atomic E-state index is 0.253. The fraction of sp³-hybridized carbons (Fsp3) is 0.455. The molecular formula is C11H17NO. The molecule has 0 fully saturated rings. The van der Waals surface area contributed by atoms with Gasteiger partial charge in [-0.2, -0.15) is 0 Å². The molecular weight excluding hydrogens is 162 g/mol. The van der Waals surface area contributed by atoms with Crippen LogP contribution >= 0.6 is 0 Å². The van der Waals surface area contributed by atoms with Crippen molar-refractivity contribution in [2.75, 3.05) is 13.2 Å². The van der Waals surface area contributed by atoms with Gasteiger partial charge in [0.05, 0.1) is 0 Å². The molecule has 1 aliphatic heterocycles. The smallest absolute Gasteiger partial charge is 0.0437 e. The maximum atomic E-state index is 8.82. The molecule has 0 radical (unpaired) electrons. The quantitative estimate of drug-likeness (QED) is 0.675. The molecule has 0 aliphatic carbocycles. The van der Waals surface area contributed by atoms with Gasteiger partial charge in [-0.3, -0.25) is 0 Å². The van der Waals surface area contributed by atoms with E-state index in [4.69, 9.17) is 5.11 Å². The lowest BCUT2D eigenvalue weighted by Crippen LogP contribution is -2.20. The summed E-state index contributed by atoms with van der Waals surface area (Å²) in [6.07, 6.45) is 11.1. The highest BCUT2D eigenvalue weighted by molar-refractivity contribution is 5.16. The molecule has 0 bridgehead atoms. The van der Waals surface area contributed by atoms with Crippen LogP contribution in [-0.4, -0.2) is 18.3 Å². The fourth-order valence-electron chi connectivity index (χ4n) is 1.27. The molecule has 0 saturated heterocycles. The van der Waals surface area contributed by atoms with E-state index < -0.39 is 0 Å². The third-order valence-electron chi connectivity index (χ3n) is 2.09. The number of allylic oxidation sites excluding steroid dienone is 5. The predicted molar refractivity (Wildman–Crippen MR) is 55.2 cm³/mol. The van der Waals surface area contributed by atoms with Crippen molar-refractivity contribution in [1.29, 1.82) is 0 Å². The van der Waals surface area contributed by atoms with Gasteiger partial charge in [-0.1, -0.05) is 24.3 Å². The molecule has 0 amide bonds. The number of rotatable bonds is 2. The van der Waals surface area contributed by atoms with Crippen molar-refractivity contribution >= 4 is 0 Å². The second-order valence-corrected chi connectivity index (χ2v) is 3.27. The summed E-state index contributed by atoms with van der Waals surface area (Å²) in [4.78, 5) is 0. The molecule has 0 saturated carbocycles. The normalized spacial score (nSPS) is 31.5. The Morgan fingerprint density at radius 1 is 1.46 bits per heavy atom. The van der Waals surface area contributed by atoms with E-state index in [-0.39, 0.29) is 6.61 Å². The first-order valence-electron chi connectivity index (χ1n) is 4.69. The zero-order valence-electron chi connectivity index (χ0n) is 8.03. The number of hydrogen-bond donors (Lipinski definition) is 2. The van der Waals surface area contributed by atoms with Crippen LogP contribution in [0.2, 0.25) is 0 Å². The highest BCUT2D eigenvalue weighted by Gasteiger charge is 2.03. The van der Waals surface area contributed by atoms with Crippen molar-refractivity contribution in [3.63, 3.8) is 0 Å². The van der Waals surface area contributed by atoms with Crippen molar-refractivity contribution in [3.05, 3.63) is 36.1 Å². The number of aliphatic hydroxyl groups is 1. The molecule has 13 heavy (non-hydrogen) atoms. The second kappa shape index (κ2) is 5.60. The third kappa shape index (κ3) is 3.95. The van der Waals surface area contributed by atoms with Gasteiger partial charge in [-0.25, -0.2) is 0 Å².